The molecule has 0 atom stereocenters. The molecule has 0 aliphatic rings. The van der Waals surface area contributed by atoms with Gasteiger partial charge in [-0.15, -0.1) is 0 Å². The minimum absolute atomic E-state index is 1.15. The second-order valence-electron chi connectivity index (χ2n) is 3.23. The van der Waals surface area contributed by atoms with Crippen molar-refractivity contribution >= 4 is 0 Å². The summed E-state index contributed by atoms with van der Waals surface area (Å²) in [5, 5.41) is 0. The summed E-state index contributed by atoms with van der Waals surface area (Å²) in [7, 11) is 2.04. The van der Waals surface area contributed by atoms with Crippen molar-refractivity contribution in [2.24, 2.45) is 7.05 Å². The second-order valence-corrected chi connectivity index (χ2v) is 3.23. The smallest absolute Gasteiger partial charge is 0.243 e. The van der Waals surface area contributed by atoms with Gasteiger partial charge in [0.1, 0.15) is 12.4 Å². The number of aromatic nitrogens is 2. The van der Waals surface area contributed by atoms with Crippen LogP contribution in [0.2, 0.25) is 0 Å². The second kappa shape index (κ2) is 3.05. The lowest BCUT2D eigenvalue weighted by atomic mass is 10.1. The van der Waals surface area contributed by atoms with E-state index in [-0.39, 0.29) is 0 Å². The summed E-state index contributed by atoms with van der Waals surface area (Å²) in [5.41, 5.74) is 2.55. The Hall–Kier alpha value is -1.57. The van der Waals surface area contributed by atoms with Gasteiger partial charge < -0.3 is 0 Å². The SMILES string of the molecule is Cc1ccccc1-c1[nH]cc[n+]1C. The van der Waals surface area contributed by atoms with Crippen LogP contribution in [0.3, 0.4) is 0 Å². The first kappa shape index (κ1) is 8.05. The Morgan fingerprint density at radius 2 is 2.00 bits per heavy atom. The molecule has 0 radical (unpaired) electrons. The van der Waals surface area contributed by atoms with Crippen LogP contribution in [-0.4, -0.2) is 4.98 Å². The highest BCUT2D eigenvalue weighted by Crippen LogP contribution is 2.16. The third-order valence-electron chi connectivity index (χ3n) is 2.27. The molecule has 0 aliphatic carbocycles. The average molecular weight is 173 g/mol. The summed E-state index contributed by atoms with van der Waals surface area (Å²) in [6.45, 7) is 2.12. The van der Waals surface area contributed by atoms with Crippen molar-refractivity contribution in [2.45, 2.75) is 6.92 Å². The normalized spacial score (nSPS) is 10.3. The maximum Gasteiger partial charge on any atom is 0.286 e. The number of hydrogen-bond acceptors (Lipinski definition) is 0. The van der Waals surface area contributed by atoms with E-state index in [0.717, 1.165) is 5.82 Å². The quantitative estimate of drug-likeness (QED) is 0.635. The molecule has 1 heterocycles. The fourth-order valence-corrected chi connectivity index (χ4v) is 1.51. The molecule has 1 N–H and O–H groups in total. The molecule has 1 aromatic heterocycles. The lowest BCUT2D eigenvalue weighted by Crippen LogP contribution is -2.27. The molecule has 0 spiro atoms. The van der Waals surface area contributed by atoms with Crippen molar-refractivity contribution in [3.05, 3.63) is 42.2 Å². The highest BCUT2D eigenvalue weighted by molar-refractivity contribution is 5.56. The van der Waals surface area contributed by atoms with Crippen LogP contribution in [0.4, 0.5) is 0 Å². The van der Waals surface area contributed by atoms with E-state index >= 15 is 0 Å². The molecule has 0 saturated heterocycles. The number of rotatable bonds is 1. The van der Waals surface area contributed by atoms with Crippen molar-refractivity contribution in [3.8, 4) is 11.4 Å². The fraction of sp³-hybridized carbons (Fsp3) is 0.182. The van der Waals surface area contributed by atoms with E-state index in [1.165, 1.54) is 11.1 Å². The van der Waals surface area contributed by atoms with E-state index in [1.54, 1.807) is 0 Å². The standard InChI is InChI=1S/C11H12N2/c1-9-5-3-4-6-10(9)11-12-7-8-13(11)2/h3-8H,1-2H3/p+1. The van der Waals surface area contributed by atoms with Crippen molar-refractivity contribution in [1.29, 1.82) is 0 Å². The first-order valence-corrected chi connectivity index (χ1v) is 4.38. The van der Waals surface area contributed by atoms with E-state index in [4.69, 9.17) is 0 Å². The van der Waals surface area contributed by atoms with Crippen LogP contribution < -0.4 is 4.57 Å². The third kappa shape index (κ3) is 1.35. The number of aromatic amines is 1. The monoisotopic (exact) mass is 173 g/mol. The predicted octanol–water partition coefficient (Wildman–Crippen LogP) is 1.81. The van der Waals surface area contributed by atoms with Crippen LogP contribution in [-0.2, 0) is 7.05 Å². The highest BCUT2D eigenvalue weighted by Gasteiger charge is 2.10. The average Bonchev–Trinajstić information content (AvgIpc) is 2.52. The van der Waals surface area contributed by atoms with E-state index < -0.39 is 0 Å². The molecule has 0 aliphatic heterocycles. The van der Waals surface area contributed by atoms with Crippen LogP contribution in [0.5, 0.6) is 0 Å². The van der Waals surface area contributed by atoms with E-state index in [2.05, 4.69) is 40.7 Å². The molecule has 0 fully saturated rings. The number of H-pyrrole nitrogens is 1. The molecule has 0 bridgehead atoms. The number of benzene rings is 1. The summed E-state index contributed by atoms with van der Waals surface area (Å²) in [6.07, 6.45) is 3.96. The zero-order valence-corrected chi connectivity index (χ0v) is 7.91. The summed E-state index contributed by atoms with van der Waals surface area (Å²) >= 11 is 0. The fourth-order valence-electron chi connectivity index (χ4n) is 1.51. The molecule has 2 rings (SSSR count). The van der Waals surface area contributed by atoms with Gasteiger partial charge in [0.15, 0.2) is 0 Å². The minimum atomic E-state index is 1.15. The molecule has 13 heavy (non-hydrogen) atoms. The van der Waals surface area contributed by atoms with E-state index in [9.17, 15) is 0 Å². The Morgan fingerprint density at radius 3 is 2.62 bits per heavy atom. The van der Waals surface area contributed by atoms with Crippen LogP contribution >= 0.6 is 0 Å². The maximum absolute atomic E-state index is 3.23. The molecule has 2 aromatic rings. The van der Waals surface area contributed by atoms with Crippen LogP contribution in [0, 0.1) is 6.92 Å². The van der Waals surface area contributed by atoms with Gasteiger partial charge in [-0.25, -0.2) is 9.55 Å². The first-order chi connectivity index (χ1) is 6.29. The van der Waals surface area contributed by atoms with Gasteiger partial charge in [0.25, 0.3) is 5.82 Å². The van der Waals surface area contributed by atoms with Gasteiger partial charge >= 0.3 is 0 Å². The molecule has 1 aromatic carbocycles. The molecule has 0 unspecified atom stereocenters. The van der Waals surface area contributed by atoms with E-state index in [0.29, 0.717) is 0 Å². The van der Waals surface area contributed by atoms with Gasteiger partial charge in [0.05, 0.1) is 12.6 Å². The maximum atomic E-state index is 3.23. The first-order valence-electron chi connectivity index (χ1n) is 4.38. The number of hydrogen-bond donors (Lipinski definition) is 1. The number of nitrogens with zero attached hydrogens (tertiary/aromatic N) is 1. The van der Waals surface area contributed by atoms with Crippen molar-refractivity contribution in [1.82, 2.24) is 4.98 Å². The molecule has 0 amide bonds. The van der Waals surface area contributed by atoms with Gasteiger partial charge in [0, 0.05) is 0 Å². The molecule has 2 nitrogen and oxygen atoms in total. The molecule has 2 heteroatoms. The van der Waals surface area contributed by atoms with Gasteiger partial charge in [-0.05, 0) is 18.6 Å². The summed E-state index contributed by atoms with van der Waals surface area (Å²) in [4.78, 5) is 3.23. The van der Waals surface area contributed by atoms with Gasteiger partial charge in [-0.3, -0.25) is 0 Å². The Bertz CT molecular complexity index is 416. The van der Waals surface area contributed by atoms with Gasteiger partial charge in [0.2, 0.25) is 0 Å². The van der Waals surface area contributed by atoms with Crippen LogP contribution in [0.1, 0.15) is 5.56 Å². The predicted molar refractivity (Wildman–Crippen MR) is 52.1 cm³/mol. The van der Waals surface area contributed by atoms with Crippen molar-refractivity contribution in [2.75, 3.05) is 0 Å². The highest BCUT2D eigenvalue weighted by atomic mass is 15.0. The molecular weight excluding hydrogens is 160 g/mol. The minimum Gasteiger partial charge on any atom is -0.243 e. The number of imidazole rings is 1. The topological polar surface area (TPSA) is 19.7 Å². The van der Waals surface area contributed by atoms with Crippen LogP contribution in [0.25, 0.3) is 11.4 Å². The zero-order valence-electron chi connectivity index (χ0n) is 7.91. The summed E-state index contributed by atoms with van der Waals surface area (Å²) in [5.74, 6) is 1.15. The van der Waals surface area contributed by atoms with Crippen molar-refractivity contribution < 1.29 is 4.57 Å². The lowest BCUT2D eigenvalue weighted by Gasteiger charge is -1.99. The Morgan fingerprint density at radius 1 is 1.23 bits per heavy atom. The lowest BCUT2D eigenvalue weighted by molar-refractivity contribution is -0.658. The zero-order chi connectivity index (χ0) is 9.26. The molecule has 0 saturated carbocycles. The van der Waals surface area contributed by atoms with Gasteiger partial charge in [-0.2, -0.15) is 0 Å². The largest absolute Gasteiger partial charge is 0.286 e. The third-order valence-corrected chi connectivity index (χ3v) is 2.27. The number of aryl methyl sites for hydroxylation is 2. The Kier molecular flexibility index (Phi) is 1.89. The molecule has 66 valence electrons. The molecular formula is C11H13N2+. The summed E-state index contributed by atoms with van der Waals surface area (Å²) in [6, 6.07) is 8.36. The Balaban J connectivity index is 2.59. The summed E-state index contributed by atoms with van der Waals surface area (Å²) < 4.78 is 2.09. The van der Waals surface area contributed by atoms with Crippen molar-refractivity contribution in [3.63, 3.8) is 0 Å². The number of nitrogens with one attached hydrogen (secondary N) is 1. The Labute approximate surface area is 77.9 Å². The van der Waals surface area contributed by atoms with Gasteiger partial charge in [-0.1, -0.05) is 18.2 Å². The van der Waals surface area contributed by atoms with Crippen LogP contribution in [0.15, 0.2) is 36.7 Å². The van der Waals surface area contributed by atoms with E-state index in [1.807, 2.05) is 19.4 Å².